The van der Waals surface area contributed by atoms with Crippen molar-refractivity contribution in [2.75, 3.05) is 5.32 Å². The number of nitrogens with one attached hydrogen (secondary N) is 2. The molecule has 1 heterocycles. The summed E-state index contributed by atoms with van der Waals surface area (Å²) in [7, 11) is 0. The maximum atomic E-state index is 13.6. The van der Waals surface area contributed by atoms with Gasteiger partial charge in [0.05, 0.1) is 10.6 Å². The number of halogens is 3. The topological polar surface area (TPSA) is 67.2 Å². The summed E-state index contributed by atoms with van der Waals surface area (Å²) in [6.07, 6.45) is 0. The molecule has 0 saturated heterocycles. The van der Waals surface area contributed by atoms with Gasteiger partial charge in [-0.25, -0.2) is 13.8 Å². The molecule has 4 aromatic rings. The number of carbonyl (C=O) groups excluding carboxylic acids is 1. The SMILES string of the molecule is CC(C)c1ccc(C(=O)NC(=S)Nc2ccc3oc(-c4cc(F)c(F)cc4Cl)nc3c2)cc1. The van der Waals surface area contributed by atoms with Crippen LogP contribution in [0.3, 0.4) is 0 Å². The first-order valence-electron chi connectivity index (χ1n) is 9.99. The Labute approximate surface area is 198 Å². The highest BCUT2D eigenvalue weighted by Crippen LogP contribution is 2.32. The van der Waals surface area contributed by atoms with E-state index in [-0.39, 0.29) is 27.5 Å². The number of amides is 1. The Morgan fingerprint density at radius 1 is 1.06 bits per heavy atom. The molecule has 3 aromatic carbocycles. The van der Waals surface area contributed by atoms with E-state index in [1.165, 1.54) is 0 Å². The van der Waals surface area contributed by atoms with E-state index in [0.29, 0.717) is 28.3 Å². The standard InChI is InChI=1S/C24H18ClF2N3O2S/c1-12(2)13-3-5-14(6-4-13)22(31)30-24(33)28-15-7-8-21-20(9-15)29-23(32-21)16-10-18(26)19(27)11-17(16)25/h3-12H,1-2H3,(H2,28,30,31,33). The predicted molar refractivity (Wildman–Crippen MR) is 129 cm³/mol. The molecule has 5 nitrogen and oxygen atoms in total. The Morgan fingerprint density at radius 2 is 1.76 bits per heavy atom. The maximum absolute atomic E-state index is 13.6. The molecule has 0 unspecified atom stereocenters. The van der Waals surface area contributed by atoms with Crippen LogP contribution in [0.4, 0.5) is 14.5 Å². The van der Waals surface area contributed by atoms with Gasteiger partial charge in [-0.1, -0.05) is 37.6 Å². The molecule has 2 N–H and O–H groups in total. The van der Waals surface area contributed by atoms with E-state index in [1.807, 2.05) is 12.1 Å². The largest absolute Gasteiger partial charge is 0.436 e. The average molecular weight is 486 g/mol. The molecule has 0 spiro atoms. The number of hydrogen-bond donors (Lipinski definition) is 2. The third-order valence-corrected chi connectivity index (χ3v) is 5.47. The van der Waals surface area contributed by atoms with Crippen LogP contribution in [0.1, 0.15) is 35.7 Å². The fourth-order valence-electron chi connectivity index (χ4n) is 3.16. The smallest absolute Gasteiger partial charge is 0.257 e. The molecule has 0 aliphatic rings. The third-order valence-electron chi connectivity index (χ3n) is 4.95. The van der Waals surface area contributed by atoms with Gasteiger partial charge in [0.15, 0.2) is 22.3 Å². The average Bonchev–Trinajstić information content (AvgIpc) is 3.19. The van der Waals surface area contributed by atoms with Gasteiger partial charge in [-0.15, -0.1) is 0 Å². The van der Waals surface area contributed by atoms with Gasteiger partial charge >= 0.3 is 0 Å². The van der Waals surface area contributed by atoms with E-state index in [1.54, 1.807) is 30.3 Å². The summed E-state index contributed by atoms with van der Waals surface area (Å²) in [5.74, 6) is -2.03. The summed E-state index contributed by atoms with van der Waals surface area (Å²) in [6.45, 7) is 4.16. The van der Waals surface area contributed by atoms with Crippen molar-refractivity contribution < 1.29 is 18.0 Å². The lowest BCUT2D eigenvalue weighted by Crippen LogP contribution is -2.34. The van der Waals surface area contributed by atoms with Crippen molar-refractivity contribution in [2.45, 2.75) is 19.8 Å². The minimum absolute atomic E-state index is 0.0240. The second kappa shape index (κ2) is 9.25. The molecule has 0 radical (unpaired) electrons. The molecule has 0 saturated carbocycles. The lowest BCUT2D eigenvalue weighted by atomic mass is 10.0. The van der Waals surface area contributed by atoms with Gasteiger partial charge in [-0.05, 0) is 66.2 Å². The van der Waals surface area contributed by atoms with Gasteiger partial charge in [0.25, 0.3) is 5.91 Å². The number of aromatic nitrogens is 1. The van der Waals surface area contributed by atoms with Crippen LogP contribution in [0.2, 0.25) is 5.02 Å². The van der Waals surface area contributed by atoms with Gasteiger partial charge in [0.2, 0.25) is 5.89 Å². The zero-order valence-corrected chi connectivity index (χ0v) is 19.2. The number of hydrogen-bond acceptors (Lipinski definition) is 4. The van der Waals surface area contributed by atoms with Crippen molar-refractivity contribution in [3.63, 3.8) is 0 Å². The number of rotatable bonds is 4. The highest BCUT2D eigenvalue weighted by molar-refractivity contribution is 7.80. The van der Waals surface area contributed by atoms with Gasteiger partial charge in [-0.3, -0.25) is 10.1 Å². The third kappa shape index (κ3) is 5.02. The van der Waals surface area contributed by atoms with Gasteiger partial charge < -0.3 is 9.73 Å². The summed E-state index contributed by atoms with van der Waals surface area (Å²) >= 11 is 11.3. The van der Waals surface area contributed by atoms with Crippen molar-refractivity contribution >= 4 is 51.6 Å². The van der Waals surface area contributed by atoms with Crippen LogP contribution >= 0.6 is 23.8 Å². The molecule has 0 aliphatic heterocycles. The number of thiocarbonyl (C=S) groups is 1. The van der Waals surface area contributed by atoms with E-state index >= 15 is 0 Å². The quantitative estimate of drug-likeness (QED) is 0.249. The maximum Gasteiger partial charge on any atom is 0.257 e. The van der Waals surface area contributed by atoms with Gasteiger partial charge in [0.1, 0.15) is 5.52 Å². The first kappa shape index (κ1) is 22.8. The van der Waals surface area contributed by atoms with E-state index in [9.17, 15) is 13.6 Å². The van der Waals surface area contributed by atoms with Crippen LogP contribution < -0.4 is 10.6 Å². The van der Waals surface area contributed by atoms with Crippen LogP contribution in [0.5, 0.6) is 0 Å². The van der Waals surface area contributed by atoms with Crippen LogP contribution in [-0.4, -0.2) is 16.0 Å². The Hall–Kier alpha value is -3.36. The van der Waals surface area contributed by atoms with Crippen LogP contribution in [0, 0.1) is 11.6 Å². The molecule has 9 heteroatoms. The number of nitrogens with zero attached hydrogens (tertiary/aromatic N) is 1. The van der Waals surface area contributed by atoms with E-state index < -0.39 is 11.6 Å². The molecule has 0 aliphatic carbocycles. The molecule has 0 atom stereocenters. The molecule has 1 aromatic heterocycles. The van der Waals surface area contributed by atoms with Crippen molar-refractivity contribution in [1.82, 2.24) is 10.3 Å². The van der Waals surface area contributed by atoms with Crippen molar-refractivity contribution in [3.05, 3.63) is 82.4 Å². The lowest BCUT2D eigenvalue weighted by molar-refractivity contribution is 0.0977. The number of oxazole rings is 1. The second-order valence-electron chi connectivity index (χ2n) is 7.63. The minimum atomic E-state index is -1.06. The number of fused-ring (bicyclic) bond motifs is 1. The lowest BCUT2D eigenvalue weighted by Gasteiger charge is -2.10. The first-order chi connectivity index (χ1) is 15.7. The summed E-state index contributed by atoms with van der Waals surface area (Å²) in [5, 5.41) is 5.64. The summed E-state index contributed by atoms with van der Waals surface area (Å²) < 4.78 is 32.6. The first-order valence-corrected chi connectivity index (χ1v) is 10.8. The van der Waals surface area contributed by atoms with Gasteiger partial charge in [0, 0.05) is 11.3 Å². The molecular weight excluding hydrogens is 468 g/mol. The van der Waals surface area contributed by atoms with Crippen LogP contribution in [0.15, 0.2) is 59.0 Å². The van der Waals surface area contributed by atoms with E-state index in [2.05, 4.69) is 29.5 Å². The minimum Gasteiger partial charge on any atom is -0.436 e. The second-order valence-corrected chi connectivity index (χ2v) is 8.45. The summed E-state index contributed by atoms with van der Waals surface area (Å²) in [6, 6.07) is 14.1. The molecule has 0 bridgehead atoms. The Morgan fingerprint density at radius 3 is 2.45 bits per heavy atom. The Balaban J connectivity index is 1.48. The molecule has 33 heavy (non-hydrogen) atoms. The molecular formula is C24H18ClF2N3O2S. The van der Waals surface area contributed by atoms with Crippen molar-refractivity contribution in [3.8, 4) is 11.5 Å². The van der Waals surface area contributed by atoms with Crippen LogP contribution in [-0.2, 0) is 0 Å². The monoisotopic (exact) mass is 485 g/mol. The van der Waals surface area contributed by atoms with Gasteiger partial charge in [-0.2, -0.15) is 0 Å². The van der Waals surface area contributed by atoms with Crippen molar-refractivity contribution in [2.24, 2.45) is 0 Å². The number of benzene rings is 3. The number of anilines is 1. The predicted octanol–water partition coefficient (Wildman–Crippen LogP) is 6.68. The highest BCUT2D eigenvalue weighted by Gasteiger charge is 2.16. The Bertz CT molecular complexity index is 1370. The van der Waals surface area contributed by atoms with Crippen LogP contribution in [0.25, 0.3) is 22.6 Å². The molecule has 4 rings (SSSR count). The number of carbonyl (C=O) groups is 1. The molecule has 1 amide bonds. The highest BCUT2D eigenvalue weighted by atomic mass is 35.5. The van der Waals surface area contributed by atoms with Crippen molar-refractivity contribution in [1.29, 1.82) is 0 Å². The summed E-state index contributed by atoms with van der Waals surface area (Å²) in [4.78, 5) is 16.7. The van der Waals surface area contributed by atoms with E-state index in [4.69, 9.17) is 28.2 Å². The Kier molecular flexibility index (Phi) is 6.40. The fourth-order valence-corrected chi connectivity index (χ4v) is 3.61. The normalized spacial score (nSPS) is 11.1. The summed E-state index contributed by atoms with van der Waals surface area (Å²) in [5.41, 5.74) is 3.17. The molecule has 168 valence electrons. The zero-order chi connectivity index (χ0) is 23.7. The molecule has 0 fully saturated rings. The van der Waals surface area contributed by atoms with E-state index in [0.717, 1.165) is 17.7 Å². The zero-order valence-electron chi connectivity index (χ0n) is 17.6. The fraction of sp³-hybridized carbons (Fsp3) is 0.125.